The molecule has 4 aromatic carbocycles. The van der Waals surface area contributed by atoms with Crippen LogP contribution in [0.25, 0.3) is 21.9 Å². The molecule has 186 valence electrons. The Morgan fingerprint density at radius 3 is 1.84 bits per heavy atom. The van der Waals surface area contributed by atoms with Crippen LogP contribution < -0.4 is 4.74 Å². The number of carbonyl (C=O) groups is 2. The molecule has 6 rings (SSSR count). The molecule has 0 radical (unpaired) electrons. The van der Waals surface area contributed by atoms with Crippen molar-refractivity contribution in [3.05, 3.63) is 127 Å². The molecule has 0 aliphatic heterocycles. The van der Waals surface area contributed by atoms with E-state index in [1.54, 1.807) is 18.5 Å². The fraction of sp³-hybridized carbons (Fsp3) is 0.125. The molecule has 1 aromatic heterocycles. The van der Waals surface area contributed by atoms with E-state index in [2.05, 4.69) is 9.97 Å². The van der Waals surface area contributed by atoms with Crippen LogP contribution in [0, 0.1) is 11.8 Å². The van der Waals surface area contributed by atoms with Gasteiger partial charge in [0.1, 0.15) is 12.1 Å². The van der Waals surface area contributed by atoms with Crippen LogP contribution in [0.3, 0.4) is 0 Å². The van der Waals surface area contributed by atoms with Gasteiger partial charge in [0.05, 0.1) is 11.8 Å². The molecular weight excluding hydrogens is 476 g/mol. The Kier molecular flexibility index (Phi) is 6.14. The second-order valence-electron chi connectivity index (χ2n) is 9.53. The third kappa shape index (κ3) is 4.30. The van der Waals surface area contributed by atoms with Gasteiger partial charge in [-0.05, 0) is 45.7 Å². The maximum absolute atomic E-state index is 13.7. The van der Waals surface area contributed by atoms with Crippen molar-refractivity contribution >= 4 is 22.7 Å². The predicted octanol–water partition coefficient (Wildman–Crippen LogP) is 6.10. The van der Waals surface area contributed by atoms with Gasteiger partial charge in [-0.2, -0.15) is 0 Å². The minimum absolute atomic E-state index is 0.427. The number of aliphatic carboxylic acids is 1. The molecule has 1 aliphatic rings. The van der Waals surface area contributed by atoms with Crippen LogP contribution in [-0.2, 0) is 9.59 Å². The minimum Gasteiger partial charge on any atom is -0.481 e. The Morgan fingerprint density at radius 1 is 0.658 bits per heavy atom. The van der Waals surface area contributed by atoms with Gasteiger partial charge in [-0.1, -0.05) is 78.9 Å². The minimum atomic E-state index is -0.915. The molecule has 1 aliphatic carbocycles. The average molecular weight is 501 g/mol. The van der Waals surface area contributed by atoms with E-state index in [-0.39, 0.29) is 0 Å². The van der Waals surface area contributed by atoms with Crippen LogP contribution in [-0.4, -0.2) is 27.0 Å². The summed E-state index contributed by atoms with van der Waals surface area (Å²) in [5.74, 6) is -3.24. The fourth-order valence-electron chi connectivity index (χ4n) is 5.63. The summed E-state index contributed by atoms with van der Waals surface area (Å²) < 4.78 is 5.92. The Labute approximate surface area is 219 Å². The Hall–Kier alpha value is -4.84. The van der Waals surface area contributed by atoms with Crippen molar-refractivity contribution in [3.8, 4) is 16.9 Å². The third-order valence-electron chi connectivity index (χ3n) is 7.40. The van der Waals surface area contributed by atoms with Gasteiger partial charge in [0, 0.05) is 29.8 Å². The lowest BCUT2D eigenvalue weighted by Gasteiger charge is -2.48. The van der Waals surface area contributed by atoms with E-state index < -0.39 is 35.6 Å². The van der Waals surface area contributed by atoms with Crippen molar-refractivity contribution in [2.75, 3.05) is 0 Å². The lowest BCUT2D eigenvalue weighted by Crippen LogP contribution is -2.52. The summed E-state index contributed by atoms with van der Waals surface area (Å²) >= 11 is 0. The van der Waals surface area contributed by atoms with Crippen molar-refractivity contribution < 1.29 is 19.4 Å². The van der Waals surface area contributed by atoms with Gasteiger partial charge in [-0.25, -0.2) is 9.97 Å². The zero-order chi connectivity index (χ0) is 26.1. The first-order valence-corrected chi connectivity index (χ1v) is 12.4. The highest BCUT2D eigenvalue weighted by Crippen LogP contribution is 2.58. The zero-order valence-electron chi connectivity index (χ0n) is 20.3. The normalized spacial score (nSPS) is 20.4. The molecule has 1 N–H and O–H groups in total. The van der Waals surface area contributed by atoms with E-state index in [0.29, 0.717) is 5.75 Å². The molecule has 0 saturated heterocycles. The first-order valence-electron chi connectivity index (χ1n) is 12.4. The van der Waals surface area contributed by atoms with E-state index in [1.807, 2.05) is 91.0 Å². The second-order valence-corrected chi connectivity index (χ2v) is 9.53. The standard InChI is InChI=1S/C32H24N2O4/c35-31(36)29-27(20-7-3-1-4-8-20)30(28(29)21-9-5-2-6-10-21)32(37)38-26-14-13-22-15-23(11-12-24(22)16-26)25-17-33-19-34-18-25/h1-19,27-30H,(H,35,36)/t27-,28-,29-,30+/m0/s1. The van der Waals surface area contributed by atoms with Crippen LogP contribution in [0.2, 0.25) is 0 Å². The van der Waals surface area contributed by atoms with Crippen molar-refractivity contribution in [2.24, 2.45) is 11.8 Å². The maximum atomic E-state index is 13.7. The smallest absolute Gasteiger partial charge is 0.315 e. The van der Waals surface area contributed by atoms with Gasteiger partial charge in [0.15, 0.2) is 0 Å². The number of esters is 1. The number of aromatic nitrogens is 2. The van der Waals surface area contributed by atoms with Crippen molar-refractivity contribution in [1.82, 2.24) is 9.97 Å². The Bertz CT molecular complexity index is 1560. The molecule has 6 heteroatoms. The van der Waals surface area contributed by atoms with Crippen molar-refractivity contribution in [2.45, 2.75) is 11.8 Å². The lowest BCUT2D eigenvalue weighted by atomic mass is 9.52. The maximum Gasteiger partial charge on any atom is 0.315 e. The van der Waals surface area contributed by atoms with E-state index in [1.165, 1.54) is 6.33 Å². The number of hydrogen-bond donors (Lipinski definition) is 1. The molecule has 0 bridgehead atoms. The van der Waals surface area contributed by atoms with Gasteiger partial charge in [0.2, 0.25) is 0 Å². The van der Waals surface area contributed by atoms with Crippen LogP contribution in [0.5, 0.6) is 5.75 Å². The summed E-state index contributed by atoms with van der Waals surface area (Å²) in [5.41, 5.74) is 3.56. The van der Waals surface area contributed by atoms with Crippen LogP contribution in [0.15, 0.2) is 116 Å². The largest absolute Gasteiger partial charge is 0.481 e. The number of carboxylic acids is 1. The summed E-state index contributed by atoms with van der Waals surface area (Å²) in [7, 11) is 0. The quantitative estimate of drug-likeness (QED) is 0.224. The summed E-state index contributed by atoms with van der Waals surface area (Å²) in [5, 5.41) is 12.1. The van der Waals surface area contributed by atoms with Crippen molar-refractivity contribution in [1.29, 1.82) is 0 Å². The first kappa shape index (κ1) is 23.6. The first-order chi connectivity index (χ1) is 18.6. The van der Waals surface area contributed by atoms with Crippen LogP contribution in [0.4, 0.5) is 0 Å². The highest BCUT2D eigenvalue weighted by molar-refractivity contribution is 5.90. The Morgan fingerprint density at radius 2 is 1.24 bits per heavy atom. The molecule has 2 atom stereocenters. The number of benzene rings is 4. The summed E-state index contributed by atoms with van der Waals surface area (Å²) in [4.78, 5) is 34.2. The molecule has 1 heterocycles. The van der Waals surface area contributed by atoms with E-state index >= 15 is 0 Å². The lowest BCUT2D eigenvalue weighted by molar-refractivity contribution is -0.158. The van der Waals surface area contributed by atoms with Crippen LogP contribution >= 0.6 is 0 Å². The highest BCUT2D eigenvalue weighted by Gasteiger charge is 2.59. The van der Waals surface area contributed by atoms with E-state index in [9.17, 15) is 14.7 Å². The Balaban J connectivity index is 1.31. The molecule has 0 amide bonds. The average Bonchev–Trinajstić information content (AvgIpc) is 2.93. The highest BCUT2D eigenvalue weighted by atomic mass is 16.5. The molecule has 5 aromatic rings. The number of carbonyl (C=O) groups excluding carboxylic acids is 1. The van der Waals surface area contributed by atoms with Gasteiger partial charge >= 0.3 is 11.9 Å². The van der Waals surface area contributed by atoms with Gasteiger partial charge < -0.3 is 9.84 Å². The van der Waals surface area contributed by atoms with Crippen molar-refractivity contribution in [3.63, 3.8) is 0 Å². The number of fused-ring (bicyclic) bond motifs is 1. The number of carboxylic acid groups (broad SMARTS) is 1. The van der Waals surface area contributed by atoms with Gasteiger partial charge in [-0.15, -0.1) is 0 Å². The zero-order valence-corrected chi connectivity index (χ0v) is 20.3. The number of hydrogen-bond acceptors (Lipinski definition) is 5. The second kappa shape index (κ2) is 9.90. The molecular formula is C32H24N2O4. The van der Waals surface area contributed by atoms with E-state index in [4.69, 9.17) is 4.74 Å². The van der Waals surface area contributed by atoms with Gasteiger partial charge in [0.25, 0.3) is 0 Å². The van der Waals surface area contributed by atoms with Gasteiger partial charge in [-0.3, -0.25) is 9.59 Å². The molecule has 0 unspecified atom stereocenters. The summed E-state index contributed by atoms with van der Waals surface area (Å²) in [6, 6.07) is 30.3. The van der Waals surface area contributed by atoms with Crippen LogP contribution in [0.1, 0.15) is 23.0 Å². The predicted molar refractivity (Wildman–Crippen MR) is 144 cm³/mol. The molecule has 6 nitrogen and oxygen atoms in total. The SMILES string of the molecule is O=C(O)[C@H]1[C@H](c2ccccc2)[C@@H](C(=O)Oc2ccc3cc(-c4cncnc4)ccc3c2)[C@H]1c1ccccc1. The molecule has 38 heavy (non-hydrogen) atoms. The fourth-order valence-corrected chi connectivity index (χ4v) is 5.63. The monoisotopic (exact) mass is 500 g/mol. The number of ether oxygens (including phenoxy) is 1. The topological polar surface area (TPSA) is 89.4 Å². The third-order valence-corrected chi connectivity index (χ3v) is 7.40. The number of rotatable bonds is 6. The molecule has 1 fully saturated rings. The van der Waals surface area contributed by atoms with E-state index in [0.717, 1.165) is 33.0 Å². The summed E-state index contributed by atoms with van der Waals surface area (Å²) in [6.45, 7) is 0. The molecule has 1 saturated carbocycles. The number of nitrogens with zero attached hydrogens (tertiary/aromatic N) is 2. The molecule has 0 spiro atoms. The summed E-state index contributed by atoms with van der Waals surface area (Å²) in [6.07, 6.45) is 5.02.